The SMILES string of the molecule is COc1ccc(-c2csc(C(N)c3ccc(C(C)(C)C)cc3)n2)cc1. The molecule has 1 heterocycles. The van der Waals surface area contributed by atoms with E-state index in [2.05, 4.69) is 50.4 Å². The average Bonchev–Trinajstić information content (AvgIpc) is 3.10. The van der Waals surface area contributed by atoms with Gasteiger partial charge >= 0.3 is 0 Å². The number of thiazole rings is 1. The van der Waals surface area contributed by atoms with Gasteiger partial charge in [-0.05, 0) is 40.8 Å². The fourth-order valence-electron chi connectivity index (χ4n) is 2.66. The zero-order chi connectivity index (χ0) is 18.0. The maximum atomic E-state index is 6.44. The van der Waals surface area contributed by atoms with Gasteiger partial charge in [0, 0.05) is 10.9 Å². The Morgan fingerprint density at radius 2 is 1.64 bits per heavy atom. The van der Waals surface area contributed by atoms with E-state index in [0.29, 0.717) is 0 Å². The number of benzene rings is 2. The largest absolute Gasteiger partial charge is 0.497 e. The van der Waals surface area contributed by atoms with E-state index in [4.69, 9.17) is 15.5 Å². The van der Waals surface area contributed by atoms with Crippen molar-refractivity contribution in [1.82, 2.24) is 4.98 Å². The van der Waals surface area contributed by atoms with Gasteiger partial charge in [-0.15, -0.1) is 11.3 Å². The molecule has 2 N–H and O–H groups in total. The first-order valence-electron chi connectivity index (χ1n) is 8.34. The fraction of sp³-hybridized carbons (Fsp3) is 0.286. The molecular formula is C21H24N2OS. The molecule has 25 heavy (non-hydrogen) atoms. The van der Waals surface area contributed by atoms with Crippen LogP contribution in [0.1, 0.15) is 42.9 Å². The molecule has 0 amide bonds. The lowest BCUT2D eigenvalue weighted by Gasteiger charge is -2.20. The number of ether oxygens (including phenoxy) is 1. The van der Waals surface area contributed by atoms with Gasteiger partial charge in [-0.3, -0.25) is 0 Å². The topological polar surface area (TPSA) is 48.1 Å². The molecule has 0 aliphatic heterocycles. The minimum absolute atomic E-state index is 0.144. The van der Waals surface area contributed by atoms with Gasteiger partial charge in [0.15, 0.2) is 0 Å². The van der Waals surface area contributed by atoms with Crippen molar-refractivity contribution in [3.05, 3.63) is 70.0 Å². The second-order valence-electron chi connectivity index (χ2n) is 7.15. The predicted molar refractivity (Wildman–Crippen MR) is 105 cm³/mol. The van der Waals surface area contributed by atoms with Crippen LogP contribution in [0, 0.1) is 0 Å². The van der Waals surface area contributed by atoms with Crippen LogP contribution < -0.4 is 10.5 Å². The van der Waals surface area contributed by atoms with Gasteiger partial charge in [0.2, 0.25) is 0 Å². The number of methoxy groups -OCH3 is 1. The van der Waals surface area contributed by atoms with Gasteiger partial charge in [-0.1, -0.05) is 45.0 Å². The highest BCUT2D eigenvalue weighted by atomic mass is 32.1. The number of nitrogens with two attached hydrogens (primary N) is 1. The van der Waals surface area contributed by atoms with Crippen molar-refractivity contribution in [2.75, 3.05) is 7.11 Å². The lowest BCUT2D eigenvalue weighted by atomic mass is 9.86. The molecule has 0 bridgehead atoms. The number of aromatic nitrogens is 1. The third-order valence-corrected chi connectivity index (χ3v) is 5.24. The zero-order valence-electron chi connectivity index (χ0n) is 15.1. The first-order chi connectivity index (χ1) is 11.9. The fourth-order valence-corrected chi connectivity index (χ4v) is 3.51. The minimum Gasteiger partial charge on any atom is -0.497 e. The van der Waals surface area contributed by atoms with E-state index >= 15 is 0 Å². The summed E-state index contributed by atoms with van der Waals surface area (Å²) in [6.07, 6.45) is 0. The molecule has 2 aromatic carbocycles. The highest BCUT2D eigenvalue weighted by Gasteiger charge is 2.17. The molecule has 3 aromatic rings. The average molecular weight is 353 g/mol. The van der Waals surface area contributed by atoms with E-state index in [1.54, 1.807) is 18.4 Å². The summed E-state index contributed by atoms with van der Waals surface area (Å²) in [4.78, 5) is 4.74. The van der Waals surface area contributed by atoms with E-state index in [1.165, 1.54) is 5.56 Å². The Balaban J connectivity index is 1.81. The Morgan fingerprint density at radius 3 is 2.20 bits per heavy atom. The third kappa shape index (κ3) is 3.91. The summed E-state index contributed by atoms with van der Waals surface area (Å²) < 4.78 is 5.20. The van der Waals surface area contributed by atoms with Crippen LogP contribution in [0.15, 0.2) is 53.9 Å². The maximum Gasteiger partial charge on any atom is 0.118 e. The van der Waals surface area contributed by atoms with Crippen molar-refractivity contribution in [3.63, 3.8) is 0 Å². The van der Waals surface area contributed by atoms with Crippen LogP contribution >= 0.6 is 11.3 Å². The molecule has 1 atom stereocenters. The lowest BCUT2D eigenvalue weighted by Crippen LogP contribution is -2.14. The van der Waals surface area contributed by atoms with Crippen LogP contribution in [0.3, 0.4) is 0 Å². The third-order valence-electron chi connectivity index (χ3n) is 4.31. The van der Waals surface area contributed by atoms with Gasteiger partial charge in [0.25, 0.3) is 0 Å². The van der Waals surface area contributed by atoms with Crippen molar-refractivity contribution in [1.29, 1.82) is 0 Å². The Labute approximate surface area is 153 Å². The molecule has 1 aromatic heterocycles. The molecule has 0 radical (unpaired) electrons. The molecule has 0 saturated heterocycles. The standard InChI is InChI=1S/C21H24N2OS/c1-21(2,3)16-9-5-15(6-10-16)19(22)20-23-18(13-25-20)14-7-11-17(24-4)12-8-14/h5-13,19H,22H2,1-4H3. The Bertz CT molecular complexity index is 830. The summed E-state index contributed by atoms with van der Waals surface area (Å²) in [6.45, 7) is 6.64. The first kappa shape index (κ1) is 17.6. The Kier molecular flexibility index (Phi) is 4.93. The van der Waals surface area contributed by atoms with Crippen molar-refractivity contribution in [2.45, 2.75) is 32.2 Å². The van der Waals surface area contributed by atoms with E-state index < -0.39 is 0 Å². The summed E-state index contributed by atoms with van der Waals surface area (Å²) in [5.41, 5.74) is 11.0. The summed E-state index contributed by atoms with van der Waals surface area (Å²) in [7, 11) is 1.67. The normalized spacial score (nSPS) is 12.8. The van der Waals surface area contributed by atoms with Crippen LogP contribution in [0.2, 0.25) is 0 Å². The van der Waals surface area contributed by atoms with Crippen LogP contribution in [0.25, 0.3) is 11.3 Å². The summed E-state index contributed by atoms with van der Waals surface area (Å²) in [5, 5.41) is 2.98. The molecule has 1 unspecified atom stereocenters. The van der Waals surface area contributed by atoms with Crippen molar-refractivity contribution < 1.29 is 4.74 Å². The van der Waals surface area contributed by atoms with Crippen LogP contribution in [-0.4, -0.2) is 12.1 Å². The number of nitrogens with zero attached hydrogens (tertiary/aromatic N) is 1. The number of hydrogen-bond acceptors (Lipinski definition) is 4. The van der Waals surface area contributed by atoms with Crippen molar-refractivity contribution >= 4 is 11.3 Å². The molecule has 3 nitrogen and oxygen atoms in total. The van der Waals surface area contributed by atoms with Gasteiger partial charge in [0.05, 0.1) is 18.8 Å². The molecule has 0 fully saturated rings. The first-order valence-corrected chi connectivity index (χ1v) is 9.22. The lowest BCUT2D eigenvalue weighted by molar-refractivity contribution is 0.415. The monoisotopic (exact) mass is 352 g/mol. The highest BCUT2D eigenvalue weighted by Crippen LogP contribution is 2.30. The predicted octanol–water partition coefficient (Wildman–Crippen LogP) is 5.16. The summed E-state index contributed by atoms with van der Waals surface area (Å²) in [5.74, 6) is 0.842. The molecule has 130 valence electrons. The van der Waals surface area contributed by atoms with E-state index in [0.717, 1.165) is 27.6 Å². The second kappa shape index (κ2) is 6.98. The summed E-state index contributed by atoms with van der Waals surface area (Å²) in [6, 6.07) is 16.3. The maximum absolute atomic E-state index is 6.44. The molecule has 0 saturated carbocycles. The van der Waals surface area contributed by atoms with Crippen LogP contribution in [-0.2, 0) is 5.41 Å². The molecular weight excluding hydrogens is 328 g/mol. The van der Waals surface area contributed by atoms with Crippen molar-refractivity contribution in [3.8, 4) is 17.0 Å². The van der Waals surface area contributed by atoms with Gasteiger partial charge in [-0.2, -0.15) is 0 Å². The smallest absolute Gasteiger partial charge is 0.118 e. The molecule has 0 aliphatic carbocycles. The molecule has 3 rings (SSSR count). The zero-order valence-corrected chi connectivity index (χ0v) is 15.9. The number of hydrogen-bond donors (Lipinski definition) is 1. The minimum atomic E-state index is -0.203. The van der Waals surface area contributed by atoms with Gasteiger partial charge in [-0.25, -0.2) is 4.98 Å². The van der Waals surface area contributed by atoms with E-state index in [1.807, 2.05) is 24.3 Å². The Hall–Kier alpha value is -2.17. The molecule has 0 spiro atoms. The van der Waals surface area contributed by atoms with Crippen LogP contribution in [0.5, 0.6) is 5.75 Å². The highest BCUT2D eigenvalue weighted by molar-refractivity contribution is 7.10. The van der Waals surface area contributed by atoms with Gasteiger partial charge in [0.1, 0.15) is 10.8 Å². The molecule has 0 aliphatic rings. The second-order valence-corrected chi connectivity index (χ2v) is 8.04. The van der Waals surface area contributed by atoms with Crippen molar-refractivity contribution in [2.24, 2.45) is 5.73 Å². The van der Waals surface area contributed by atoms with Gasteiger partial charge < -0.3 is 10.5 Å². The summed E-state index contributed by atoms with van der Waals surface area (Å²) >= 11 is 1.60. The quantitative estimate of drug-likeness (QED) is 0.705. The van der Waals surface area contributed by atoms with Crippen LogP contribution in [0.4, 0.5) is 0 Å². The van der Waals surface area contributed by atoms with E-state index in [-0.39, 0.29) is 11.5 Å². The Morgan fingerprint density at radius 1 is 1.00 bits per heavy atom. The van der Waals surface area contributed by atoms with E-state index in [9.17, 15) is 0 Å². The molecule has 4 heteroatoms. The number of rotatable bonds is 4.